The highest BCUT2D eigenvalue weighted by Gasteiger charge is 2.66. The second-order valence-corrected chi connectivity index (χ2v) is 9.57. The number of nitrogens with zero attached hydrogens (tertiary/aromatic N) is 2. The van der Waals surface area contributed by atoms with E-state index < -0.39 is 6.03 Å². The molecule has 0 amide bonds. The van der Waals surface area contributed by atoms with Gasteiger partial charge in [0.2, 0.25) is 11.4 Å². The Kier molecular flexibility index (Phi) is 4.76. The Morgan fingerprint density at radius 1 is 0.541 bits per heavy atom. The fraction of sp³-hybridized carbons (Fsp3) is 0.0909. The van der Waals surface area contributed by atoms with E-state index in [0.29, 0.717) is 0 Å². The van der Waals surface area contributed by atoms with E-state index in [1.165, 1.54) is 0 Å². The fourth-order valence-electron chi connectivity index (χ4n) is 5.34. The van der Waals surface area contributed by atoms with E-state index in [1.54, 1.807) is 0 Å². The lowest BCUT2D eigenvalue weighted by Crippen LogP contribution is -2.62. The van der Waals surface area contributed by atoms with Gasteiger partial charge in [-0.05, 0) is 48.6 Å². The number of ether oxygens (including phenoxy) is 2. The highest BCUT2D eigenvalue weighted by molar-refractivity contribution is 5.92. The molecule has 0 saturated heterocycles. The molecular weight excluding hydrogens is 456 g/mol. The predicted octanol–water partition coefficient (Wildman–Crippen LogP) is 7.08. The summed E-state index contributed by atoms with van der Waals surface area (Å²) in [6.07, 6.45) is 4.29. The van der Waals surface area contributed by atoms with Gasteiger partial charge in [0.15, 0.2) is 23.9 Å². The third-order valence-electron chi connectivity index (χ3n) is 7.16. The fourth-order valence-corrected chi connectivity index (χ4v) is 5.34. The van der Waals surface area contributed by atoms with Gasteiger partial charge in [-0.3, -0.25) is 0 Å². The minimum Gasteiger partial charge on any atom is -0.340 e. The summed E-state index contributed by atoms with van der Waals surface area (Å²) in [5, 5.41) is 2.27. The van der Waals surface area contributed by atoms with Crippen molar-refractivity contribution in [2.75, 3.05) is 0 Å². The number of para-hydroxylation sites is 3. The number of hydrogen-bond donors (Lipinski definition) is 0. The van der Waals surface area contributed by atoms with E-state index in [0.717, 1.165) is 55.9 Å². The zero-order chi connectivity index (χ0) is 25.0. The van der Waals surface area contributed by atoms with Gasteiger partial charge < -0.3 is 9.47 Å². The highest BCUT2D eigenvalue weighted by atomic mass is 16.7. The zero-order valence-electron chi connectivity index (χ0n) is 20.8. The molecule has 4 nitrogen and oxygen atoms in total. The van der Waals surface area contributed by atoms with Gasteiger partial charge in [0.1, 0.15) is 0 Å². The highest BCUT2D eigenvalue weighted by Crippen LogP contribution is 2.43. The first-order valence-electron chi connectivity index (χ1n) is 12.5. The minimum atomic E-state index is -1.33. The Labute approximate surface area is 216 Å². The monoisotopic (exact) mass is 482 g/mol. The van der Waals surface area contributed by atoms with Crippen LogP contribution in [-0.4, -0.2) is 27.6 Å². The molecule has 0 unspecified atom stereocenters. The standard InChI is InChI=1S/C33H26N2O2/c1-23-11-8-15-26-21-34(28-17-4-3-5-18-28)33(36-31(23)26)35(22-27-16-9-12-24(2)32(27)37-33)30-20-10-14-25-13-6-7-19-29(25)30/h3-22H,1-2H3/q+2/t33-/m1/s1. The smallest absolute Gasteiger partial charge is 0.340 e. The summed E-state index contributed by atoms with van der Waals surface area (Å²) in [6, 6.07) is 36.2. The topological polar surface area (TPSA) is 24.5 Å². The number of aryl methyl sites for hydroxylation is 2. The molecule has 2 aliphatic heterocycles. The van der Waals surface area contributed by atoms with Gasteiger partial charge in [-0.1, -0.05) is 81.9 Å². The molecule has 4 heteroatoms. The molecule has 1 atom stereocenters. The quantitative estimate of drug-likeness (QED) is 0.251. The zero-order valence-corrected chi connectivity index (χ0v) is 20.8. The van der Waals surface area contributed by atoms with E-state index in [4.69, 9.17) is 9.47 Å². The minimum absolute atomic E-state index is 0.811. The number of hydrogen-bond acceptors (Lipinski definition) is 2. The van der Waals surface area contributed by atoms with Crippen LogP contribution in [0.5, 0.6) is 11.5 Å². The van der Waals surface area contributed by atoms with Crippen LogP contribution < -0.4 is 9.47 Å². The van der Waals surface area contributed by atoms with Crippen molar-refractivity contribution in [3.05, 3.63) is 131 Å². The molecule has 0 fully saturated rings. The van der Waals surface area contributed by atoms with Crippen LogP contribution in [0.3, 0.4) is 0 Å². The largest absolute Gasteiger partial charge is 0.714 e. The van der Waals surface area contributed by atoms with Crippen molar-refractivity contribution in [2.24, 2.45) is 0 Å². The first-order chi connectivity index (χ1) is 18.1. The van der Waals surface area contributed by atoms with Crippen molar-refractivity contribution in [2.45, 2.75) is 19.9 Å². The molecule has 0 saturated carbocycles. The number of rotatable bonds is 2. The van der Waals surface area contributed by atoms with Gasteiger partial charge in [-0.15, -0.1) is 0 Å². The average Bonchev–Trinajstić information content (AvgIpc) is 2.94. The van der Waals surface area contributed by atoms with Crippen LogP contribution in [0.4, 0.5) is 11.4 Å². The van der Waals surface area contributed by atoms with Crippen LogP contribution in [0.15, 0.2) is 109 Å². The van der Waals surface area contributed by atoms with E-state index in [-0.39, 0.29) is 0 Å². The number of fused-ring (bicyclic) bond motifs is 3. The third-order valence-corrected chi connectivity index (χ3v) is 7.16. The maximum atomic E-state index is 7.05. The Hall–Kier alpha value is -4.70. The molecular formula is C33H26N2O2+2. The van der Waals surface area contributed by atoms with Crippen molar-refractivity contribution in [3.8, 4) is 11.5 Å². The second kappa shape index (κ2) is 8.17. The lowest BCUT2D eigenvalue weighted by molar-refractivity contribution is -0.855. The molecule has 1 spiro atoms. The molecule has 5 aromatic carbocycles. The molecule has 0 bridgehead atoms. The maximum Gasteiger partial charge on any atom is 0.714 e. The average molecular weight is 483 g/mol. The van der Waals surface area contributed by atoms with E-state index >= 15 is 0 Å². The van der Waals surface area contributed by atoms with E-state index in [1.807, 2.05) is 18.2 Å². The van der Waals surface area contributed by atoms with Gasteiger partial charge in [0, 0.05) is 18.2 Å². The van der Waals surface area contributed by atoms with Crippen LogP contribution in [0.2, 0.25) is 0 Å². The summed E-state index contributed by atoms with van der Waals surface area (Å²) in [5.74, 6) is 1.62. The molecule has 37 heavy (non-hydrogen) atoms. The second-order valence-electron chi connectivity index (χ2n) is 9.57. The lowest BCUT2D eigenvalue weighted by Gasteiger charge is -2.32. The third kappa shape index (κ3) is 3.30. The van der Waals surface area contributed by atoms with Gasteiger partial charge in [-0.2, -0.15) is 0 Å². The van der Waals surface area contributed by atoms with Crippen molar-refractivity contribution in [1.82, 2.24) is 0 Å². The molecule has 0 radical (unpaired) electrons. The molecule has 0 aliphatic carbocycles. The summed E-state index contributed by atoms with van der Waals surface area (Å²) < 4.78 is 18.3. The van der Waals surface area contributed by atoms with Crippen molar-refractivity contribution >= 4 is 34.6 Å². The van der Waals surface area contributed by atoms with E-state index in [9.17, 15) is 0 Å². The first kappa shape index (κ1) is 21.6. The van der Waals surface area contributed by atoms with Crippen LogP contribution in [0.25, 0.3) is 10.8 Å². The SMILES string of the molecule is Cc1cccc2c1O[C@@]1(Oc3c(C)cccc3C=[N+]1c1cccc3ccccc13)[N+](c1ccccc1)=C2. The Bertz CT molecular complexity index is 1740. The Morgan fingerprint density at radius 3 is 1.81 bits per heavy atom. The molecule has 0 N–H and O–H groups in total. The molecule has 2 heterocycles. The molecule has 178 valence electrons. The normalized spacial score (nSPS) is 17.8. The molecule has 0 aromatic heterocycles. The van der Waals surface area contributed by atoms with Gasteiger partial charge in [0.25, 0.3) is 0 Å². The lowest BCUT2D eigenvalue weighted by atomic mass is 10.1. The number of benzene rings is 5. The Balaban J connectivity index is 1.59. The summed E-state index contributed by atoms with van der Waals surface area (Å²) in [5.41, 5.74) is 6.08. The Morgan fingerprint density at radius 2 is 1.11 bits per heavy atom. The van der Waals surface area contributed by atoms with Crippen molar-refractivity contribution in [1.29, 1.82) is 0 Å². The van der Waals surface area contributed by atoms with Crippen LogP contribution in [-0.2, 0) is 0 Å². The van der Waals surface area contributed by atoms with E-state index in [2.05, 4.69) is 126 Å². The summed E-state index contributed by atoms with van der Waals surface area (Å²) in [4.78, 5) is 0. The van der Waals surface area contributed by atoms with Crippen molar-refractivity contribution in [3.63, 3.8) is 0 Å². The van der Waals surface area contributed by atoms with Crippen LogP contribution >= 0.6 is 0 Å². The molecule has 7 rings (SSSR count). The van der Waals surface area contributed by atoms with Crippen LogP contribution in [0, 0.1) is 13.8 Å². The van der Waals surface area contributed by atoms with Gasteiger partial charge >= 0.3 is 6.03 Å². The first-order valence-corrected chi connectivity index (χ1v) is 12.5. The van der Waals surface area contributed by atoms with Crippen molar-refractivity contribution < 1.29 is 18.6 Å². The van der Waals surface area contributed by atoms with Crippen LogP contribution in [0.1, 0.15) is 22.3 Å². The molecule has 2 aliphatic rings. The summed E-state index contributed by atoms with van der Waals surface area (Å²) in [7, 11) is 0. The predicted molar refractivity (Wildman–Crippen MR) is 147 cm³/mol. The van der Waals surface area contributed by atoms with Gasteiger partial charge in [-0.25, -0.2) is 0 Å². The maximum absolute atomic E-state index is 7.05. The van der Waals surface area contributed by atoms with Gasteiger partial charge in [0.05, 0.1) is 16.5 Å². The summed E-state index contributed by atoms with van der Waals surface area (Å²) >= 11 is 0. The summed E-state index contributed by atoms with van der Waals surface area (Å²) in [6.45, 7) is 4.15. The molecule has 5 aromatic rings.